The largest absolute Gasteiger partial charge is 0.351 e. The first-order valence-electron chi connectivity index (χ1n) is 7.64. The lowest BCUT2D eigenvalue weighted by atomic mass is 10.2. The number of benzene rings is 1. The van der Waals surface area contributed by atoms with Crippen molar-refractivity contribution in [2.24, 2.45) is 5.10 Å². The Balaban J connectivity index is 1.50. The van der Waals surface area contributed by atoms with Crippen molar-refractivity contribution >= 4 is 17.9 Å². The molecular weight excluding hydrogens is 276 g/mol. The molecular formula is C17H20N4O. The highest BCUT2D eigenvalue weighted by Crippen LogP contribution is 2.29. The standard InChI is InChI=1S/C17H20N4O/c22-17(19-15-6-2-1-3-7-15)20-18-12-14-10-11-21(13-14)16-8-4-5-9-16/h1-3,6-7,10-13,16H,4-5,8-9H2,(H2,19,20,22)/b18-12+. The molecule has 3 rings (SSSR count). The van der Waals surface area contributed by atoms with Gasteiger partial charge < -0.3 is 9.88 Å². The number of urea groups is 1. The first-order chi connectivity index (χ1) is 10.8. The molecule has 1 aromatic heterocycles. The molecule has 1 saturated carbocycles. The maximum atomic E-state index is 11.7. The van der Waals surface area contributed by atoms with Gasteiger partial charge in [0, 0.05) is 29.7 Å². The predicted octanol–water partition coefficient (Wildman–Crippen LogP) is 3.76. The Bertz CT molecular complexity index is 642. The van der Waals surface area contributed by atoms with E-state index in [1.807, 2.05) is 36.4 Å². The molecule has 0 aliphatic heterocycles. The van der Waals surface area contributed by atoms with E-state index in [1.54, 1.807) is 6.21 Å². The first-order valence-corrected chi connectivity index (χ1v) is 7.64. The van der Waals surface area contributed by atoms with Crippen LogP contribution in [0.5, 0.6) is 0 Å². The van der Waals surface area contributed by atoms with Crippen molar-refractivity contribution < 1.29 is 4.79 Å². The second-order valence-electron chi connectivity index (χ2n) is 5.52. The molecule has 0 spiro atoms. The molecule has 2 aromatic rings. The van der Waals surface area contributed by atoms with Gasteiger partial charge in [0.25, 0.3) is 0 Å². The number of nitrogens with one attached hydrogen (secondary N) is 2. The Kier molecular flexibility index (Phi) is 4.53. The maximum absolute atomic E-state index is 11.7. The number of carbonyl (C=O) groups excluding carboxylic acids is 1. The van der Waals surface area contributed by atoms with Crippen LogP contribution in [0.3, 0.4) is 0 Å². The lowest BCUT2D eigenvalue weighted by Crippen LogP contribution is -2.24. The fourth-order valence-corrected chi connectivity index (χ4v) is 2.78. The molecule has 0 unspecified atom stereocenters. The first kappa shape index (κ1) is 14.4. The molecule has 1 aliphatic rings. The highest BCUT2D eigenvalue weighted by molar-refractivity contribution is 5.90. The fourth-order valence-electron chi connectivity index (χ4n) is 2.78. The van der Waals surface area contributed by atoms with Crippen molar-refractivity contribution in [3.8, 4) is 0 Å². The Morgan fingerprint density at radius 2 is 1.95 bits per heavy atom. The van der Waals surface area contributed by atoms with Crippen molar-refractivity contribution in [2.45, 2.75) is 31.7 Å². The molecule has 1 aliphatic carbocycles. The normalized spacial score (nSPS) is 15.3. The fraction of sp³-hybridized carbons (Fsp3) is 0.294. The van der Waals surface area contributed by atoms with Crippen LogP contribution in [-0.4, -0.2) is 16.8 Å². The van der Waals surface area contributed by atoms with E-state index in [4.69, 9.17) is 0 Å². The number of para-hydroxylation sites is 1. The monoisotopic (exact) mass is 296 g/mol. The lowest BCUT2D eigenvalue weighted by Gasteiger charge is -2.10. The van der Waals surface area contributed by atoms with Crippen LogP contribution >= 0.6 is 0 Å². The van der Waals surface area contributed by atoms with Gasteiger partial charge in [-0.1, -0.05) is 31.0 Å². The van der Waals surface area contributed by atoms with Gasteiger partial charge in [-0.2, -0.15) is 5.10 Å². The summed E-state index contributed by atoms with van der Waals surface area (Å²) in [5.41, 5.74) is 4.20. The highest BCUT2D eigenvalue weighted by Gasteiger charge is 2.15. The number of hydrogen-bond acceptors (Lipinski definition) is 2. The summed E-state index contributed by atoms with van der Waals surface area (Å²) in [5, 5.41) is 6.69. The number of aromatic nitrogens is 1. The molecule has 5 nitrogen and oxygen atoms in total. The summed E-state index contributed by atoms with van der Waals surface area (Å²) in [7, 11) is 0. The molecule has 0 atom stereocenters. The quantitative estimate of drug-likeness (QED) is 0.655. The molecule has 22 heavy (non-hydrogen) atoms. The van der Waals surface area contributed by atoms with E-state index in [1.165, 1.54) is 25.7 Å². The molecule has 1 aromatic carbocycles. The number of anilines is 1. The SMILES string of the molecule is O=C(N/N=C/c1ccn(C2CCCC2)c1)Nc1ccccc1. The summed E-state index contributed by atoms with van der Waals surface area (Å²) >= 11 is 0. The van der Waals surface area contributed by atoms with Gasteiger partial charge in [0.1, 0.15) is 0 Å². The van der Waals surface area contributed by atoms with E-state index in [9.17, 15) is 4.79 Å². The van der Waals surface area contributed by atoms with E-state index in [-0.39, 0.29) is 6.03 Å². The maximum Gasteiger partial charge on any atom is 0.339 e. The minimum absolute atomic E-state index is 0.349. The zero-order valence-electron chi connectivity index (χ0n) is 12.4. The number of hydrazone groups is 1. The lowest BCUT2D eigenvalue weighted by molar-refractivity contribution is 0.252. The Morgan fingerprint density at radius 3 is 2.73 bits per heavy atom. The van der Waals surface area contributed by atoms with Crippen molar-refractivity contribution in [3.05, 3.63) is 54.4 Å². The van der Waals surface area contributed by atoms with Crippen LogP contribution in [0.4, 0.5) is 10.5 Å². The zero-order valence-corrected chi connectivity index (χ0v) is 12.4. The van der Waals surface area contributed by atoms with Crippen LogP contribution in [0.25, 0.3) is 0 Å². The van der Waals surface area contributed by atoms with Crippen molar-refractivity contribution in [2.75, 3.05) is 5.32 Å². The van der Waals surface area contributed by atoms with E-state index in [2.05, 4.69) is 32.8 Å². The summed E-state index contributed by atoms with van der Waals surface area (Å²) in [4.78, 5) is 11.7. The van der Waals surface area contributed by atoms with Crippen molar-refractivity contribution in [1.82, 2.24) is 9.99 Å². The molecule has 2 amide bonds. The van der Waals surface area contributed by atoms with Gasteiger partial charge in [-0.05, 0) is 31.0 Å². The van der Waals surface area contributed by atoms with Gasteiger partial charge in [-0.15, -0.1) is 0 Å². The molecule has 0 saturated heterocycles. The Hall–Kier alpha value is -2.56. The van der Waals surface area contributed by atoms with Gasteiger partial charge in [-0.25, -0.2) is 10.2 Å². The Morgan fingerprint density at radius 1 is 1.18 bits per heavy atom. The third kappa shape index (κ3) is 3.75. The van der Waals surface area contributed by atoms with Crippen LogP contribution < -0.4 is 10.7 Å². The van der Waals surface area contributed by atoms with E-state index < -0.39 is 0 Å². The molecule has 114 valence electrons. The van der Waals surface area contributed by atoms with Gasteiger partial charge in [0.2, 0.25) is 0 Å². The number of hydrogen-bond donors (Lipinski definition) is 2. The van der Waals surface area contributed by atoms with E-state index in [0.717, 1.165) is 11.3 Å². The number of nitrogens with zero attached hydrogens (tertiary/aromatic N) is 2. The van der Waals surface area contributed by atoms with Crippen LogP contribution in [0, 0.1) is 0 Å². The smallest absolute Gasteiger partial charge is 0.339 e. The predicted molar refractivity (Wildman–Crippen MR) is 88.1 cm³/mol. The second kappa shape index (κ2) is 6.93. The van der Waals surface area contributed by atoms with Crippen LogP contribution in [0.2, 0.25) is 0 Å². The van der Waals surface area contributed by atoms with E-state index in [0.29, 0.717) is 6.04 Å². The summed E-state index contributed by atoms with van der Waals surface area (Å²) in [6, 6.07) is 11.6. The van der Waals surface area contributed by atoms with Gasteiger partial charge >= 0.3 is 6.03 Å². The van der Waals surface area contributed by atoms with Crippen LogP contribution in [0.15, 0.2) is 53.9 Å². The van der Waals surface area contributed by atoms with Gasteiger partial charge in [0.15, 0.2) is 0 Å². The number of rotatable bonds is 4. The third-order valence-electron chi connectivity index (χ3n) is 3.89. The summed E-state index contributed by atoms with van der Waals surface area (Å²) in [6.07, 6.45) is 11.0. The molecule has 0 radical (unpaired) electrons. The molecule has 1 fully saturated rings. The average molecular weight is 296 g/mol. The molecule has 0 bridgehead atoms. The van der Waals surface area contributed by atoms with Crippen molar-refractivity contribution in [1.29, 1.82) is 0 Å². The Labute approximate surface area is 130 Å². The van der Waals surface area contributed by atoms with Crippen LogP contribution in [0.1, 0.15) is 37.3 Å². The third-order valence-corrected chi connectivity index (χ3v) is 3.89. The number of amides is 2. The van der Waals surface area contributed by atoms with Gasteiger partial charge in [0.05, 0.1) is 6.21 Å². The summed E-state index contributed by atoms with van der Waals surface area (Å²) < 4.78 is 2.25. The zero-order chi connectivity index (χ0) is 15.2. The summed E-state index contributed by atoms with van der Waals surface area (Å²) in [5.74, 6) is 0. The van der Waals surface area contributed by atoms with Crippen molar-refractivity contribution in [3.63, 3.8) is 0 Å². The molecule has 2 N–H and O–H groups in total. The topological polar surface area (TPSA) is 58.4 Å². The minimum Gasteiger partial charge on any atom is -0.351 e. The molecule has 5 heteroatoms. The minimum atomic E-state index is -0.349. The van der Waals surface area contributed by atoms with Gasteiger partial charge in [-0.3, -0.25) is 0 Å². The van der Waals surface area contributed by atoms with Crippen LogP contribution in [-0.2, 0) is 0 Å². The average Bonchev–Trinajstić information content (AvgIpc) is 3.19. The summed E-state index contributed by atoms with van der Waals surface area (Å²) in [6.45, 7) is 0. The van der Waals surface area contributed by atoms with E-state index >= 15 is 0 Å². The second-order valence-corrected chi connectivity index (χ2v) is 5.52. The number of carbonyl (C=O) groups is 1. The highest BCUT2D eigenvalue weighted by atomic mass is 16.2. The molecule has 1 heterocycles.